The first kappa shape index (κ1) is 21.1. The predicted octanol–water partition coefficient (Wildman–Crippen LogP) is 1.72. The third-order valence-corrected chi connectivity index (χ3v) is 6.49. The largest absolute Gasteiger partial charge is 0.506 e. The van der Waals surface area contributed by atoms with E-state index < -0.39 is 6.10 Å². The van der Waals surface area contributed by atoms with Crippen molar-refractivity contribution in [1.82, 2.24) is 15.1 Å². The number of aliphatic hydroxyl groups is 1. The van der Waals surface area contributed by atoms with Crippen LogP contribution in [0.4, 0.5) is 0 Å². The van der Waals surface area contributed by atoms with Gasteiger partial charge < -0.3 is 20.4 Å². The van der Waals surface area contributed by atoms with E-state index in [0.29, 0.717) is 24.0 Å². The van der Waals surface area contributed by atoms with Gasteiger partial charge in [0, 0.05) is 39.1 Å². The third-order valence-electron chi connectivity index (χ3n) is 5.85. The number of hydrogen-bond donors (Lipinski definition) is 3. The van der Waals surface area contributed by atoms with Crippen molar-refractivity contribution in [2.24, 2.45) is 0 Å². The molecule has 1 saturated heterocycles. The minimum absolute atomic E-state index is 0.0435. The predicted molar refractivity (Wildman–Crippen MR) is 109 cm³/mol. The summed E-state index contributed by atoms with van der Waals surface area (Å²) in [7, 11) is 0. The molecule has 3 atom stereocenters. The minimum Gasteiger partial charge on any atom is -0.506 e. The van der Waals surface area contributed by atoms with Crippen LogP contribution in [0.2, 0.25) is 0 Å². The molecule has 1 aromatic rings. The number of para-hydroxylation sites is 1. The van der Waals surface area contributed by atoms with Gasteiger partial charge in [-0.05, 0) is 40.9 Å². The highest BCUT2D eigenvalue weighted by atomic mass is 79.9. The molecule has 1 saturated carbocycles. The van der Waals surface area contributed by atoms with E-state index in [1.807, 2.05) is 4.90 Å². The fourth-order valence-electron chi connectivity index (χ4n) is 4.20. The van der Waals surface area contributed by atoms with Gasteiger partial charge in [-0.3, -0.25) is 14.5 Å². The Morgan fingerprint density at radius 3 is 2.50 bits per heavy atom. The van der Waals surface area contributed by atoms with E-state index in [2.05, 4.69) is 26.1 Å². The molecular weight excluding hydrogens is 426 g/mol. The number of piperazine rings is 1. The molecule has 1 aromatic carbocycles. The van der Waals surface area contributed by atoms with Crippen LogP contribution in [-0.2, 0) is 4.79 Å². The highest BCUT2D eigenvalue weighted by molar-refractivity contribution is 9.10. The highest BCUT2D eigenvalue weighted by Gasteiger charge is 2.36. The number of nitrogens with zero attached hydrogens (tertiary/aromatic N) is 2. The van der Waals surface area contributed by atoms with Gasteiger partial charge in [0.25, 0.3) is 5.91 Å². The molecule has 2 aliphatic rings. The average Bonchev–Trinajstić information content (AvgIpc) is 2.86. The molecule has 1 aliphatic carbocycles. The van der Waals surface area contributed by atoms with Gasteiger partial charge in [-0.2, -0.15) is 0 Å². The summed E-state index contributed by atoms with van der Waals surface area (Å²) in [5.41, 5.74) is 0.192. The number of phenols is 1. The molecule has 1 aliphatic heterocycles. The summed E-state index contributed by atoms with van der Waals surface area (Å²) >= 11 is 3.23. The molecular formula is C20H28BrN3O4. The summed E-state index contributed by atoms with van der Waals surface area (Å²) in [6.45, 7) is 4.38. The van der Waals surface area contributed by atoms with Gasteiger partial charge in [-0.15, -0.1) is 0 Å². The molecule has 1 heterocycles. The van der Waals surface area contributed by atoms with Crippen LogP contribution in [-0.4, -0.2) is 76.2 Å². The summed E-state index contributed by atoms with van der Waals surface area (Å²) in [5, 5.41) is 24.1. The standard InChI is InChI=1S/C20H28BrN3O4/c1-13(25)23-9-11-24(12-10-23)17-8-3-2-7-16(19(17)27)22-20(28)14-5-4-6-15(21)18(14)26/h4-6,16-17,19,26-27H,2-3,7-12H2,1H3,(H,22,28)/t16-,17-,19-/m1/s1. The van der Waals surface area contributed by atoms with Crippen molar-refractivity contribution in [2.45, 2.75) is 50.8 Å². The molecule has 8 heteroatoms. The minimum atomic E-state index is -0.690. The van der Waals surface area contributed by atoms with Crippen molar-refractivity contribution < 1.29 is 19.8 Å². The fourth-order valence-corrected chi connectivity index (χ4v) is 4.56. The normalized spacial score (nSPS) is 26.5. The second-order valence-electron chi connectivity index (χ2n) is 7.60. The van der Waals surface area contributed by atoms with E-state index in [4.69, 9.17) is 0 Å². The molecule has 3 N–H and O–H groups in total. The molecule has 0 aromatic heterocycles. The molecule has 3 rings (SSSR count). The van der Waals surface area contributed by atoms with Crippen LogP contribution in [0.3, 0.4) is 0 Å². The Bertz CT molecular complexity index is 721. The number of benzene rings is 1. The Hall–Kier alpha value is -1.64. The number of rotatable bonds is 3. The summed E-state index contributed by atoms with van der Waals surface area (Å²) in [5.74, 6) is -0.398. The molecule has 0 spiro atoms. The lowest BCUT2D eigenvalue weighted by molar-refractivity contribution is -0.131. The molecule has 0 unspecified atom stereocenters. The van der Waals surface area contributed by atoms with Gasteiger partial charge in [0.05, 0.1) is 22.2 Å². The maximum atomic E-state index is 12.7. The van der Waals surface area contributed by atoms with Gasteiger partial charge in [0.15, 0.2) is 0 Å². The Kier molecular flexibility index (Phi) is 6.95. The summed E-state index contributed by atoms with van der Waals surface area (Å²) < 4.78 is 0.461. The molecule has 7 nitrogen and oxygen atoms in total. The molecule has 0 bridgehead atoms. The lowest BCUT2D eigenvalue weighted by atomic mass is 9.98. The Morgan fingerprint density at radius 1 is 1.14 bits per heavy atom. The van der Waals surface area contributed by atoms with Crippen LogP contribution in [0.25, 0.3) is 0 Å². The topological polar surface area (TPSA) is 93.1 Å². The smallest absolute Gasteiger partial charge is 0.255 e. The van der Waals surface area contributed by atoms with Crippen molar-refractivity contribution in [1.29, 1.82) is 0 Å². The zero-order valence-corrected chi connectivity index (χ0v) is 17.7. The van der Waals surface area contributed by atoms with Gasteiger partial charge in [0.2, 0.25) is 5.91 Å². The number of phenolic OH excluding ortho intramolecular Hbond substituents is 1. The number of aliphatic hydroxyl groups excluding tert-OH is 1. The maximum absolute atomic E-state index is 12.7. The lowest BCUT2D eigenvalue weighted by Crippen LogP contribution is -2.58. The summed E-state index contributed by atoms with van der Waals surface area (Å²) in [4.78, 5) is 28.3. The number of nitrogens with one attached hydrogen (secondary N) is 1. The fraction of sp³-hybridized carbons (Fsp3) is 0.600. The van der Waals surface area contributed by atoms with Crippen LogP contribution in [0.1, 0.15) is 43.0 Å². The Labute approximate surface area is 173 Å². The van der Waals surface area contributed by atoms with E-state index in [1.165, 1.54) is 0 Å². The van der Waals surface area contributed by atoms with E-state index in [-0.39, 0.29) is 35.2 Å². The van der Waals surface area contributed by atoms with E-state index in [0.717, 1.165) is 32.4 Å². The molecule has 28 heavy (non-hydrogen) atoms. The number of carbonyl (C=O) groups excluding carboxylic acids is 2. The molecule has 2 amide bonds. The SMILES string of the molecule is CC(=O)N1CCN([C@@H]2CCCC[C@@H](NC(=O)c3cccc(Br)c3O)[C@H]2O)CC1. The second kappa shape index (κ2) is 9.24. The van der Waals surface area contributed by atoms with Crippen molar-refractivity contribution in [3.05, 3.63) is 28.2 Å². The number of hydrogen-bond acceptors (Lipinski definition) is 5. The summed E-state index contributed by atoms with van der Waals surface area (Å²) in [6, 6.07) is 4.52. The van der Waals surface area contributed by atoms with Crippen LogP contribution in [0, 0.1) is 0 Å². The first-order valence-corrected chi connectivity index (χ1v) is 10.6. The van der Waals surface area contributed by atoms with Crippen LogP contribution in [0.15, 0.2) is 22.7 Å². The second-order valence-corrected chi connectivity index (χ2v) is 8.45. The van der Waals surface area contributed by atoms with Crippen LogP contribution < -0.4 is 5.32 Å². The first-order chi connectivity index (χ1) is 13.4. The average molecular weight is 454 g/mol. The van der Waals surface area contributed by atoms with Crippen LogP contribution in [0.5, 0.6) is 5.75 Å². The maximum Gasteiger partial charge on any atom is 0.255 e. The molecule has 154 valence electrons. The van der Waals surface area contributed by atoms with Crippen molar-refractivity contribution in [2.75, 3.05) is 26.2 Å². The van der Waals surface area contributed by atoms with Crippen molar-refractivity contribution in [3.8, 4) is 5.75 Å². The Morgan fingerprint density at radius 2 is 1.82 bits per heavy atom. The van der Waals surface area contributed by atoms with Crippen molar-refractivity contribution >= 4 is 27.7 Å². The number of amides is 2. The van der Waals surface area contributed by atoms with E-state index >= 15 is 0 Å². The zero-order chi connectivity index (χ0) is 20.3. The van der Waals surface area contributed by atoms with Gasteiger partial charge >= 0.3 is 0 Å². The van der Waals surface area contributed by atoms with Gasteiger partial charge in [0.1, 0.15) is 5.75 Å². The molecule has 0 radical (unpaired) electrons. The van der Waals surface area contributed by atoms with Crippen molar-refractivity contribution in [3.63, 3.8) is 0 Å². The monoisotopic (exact) mass is 453 g/mol. The zero-order valence-electron chi connectivity index (χ0n) is 16.1. The number of carbonyl (C=O) groups is 2. The van der Waals surface area contributed by atoms with E-state index in [9.17, 15) is 19.8 Å². The van der Waals surface area contributed by atoms with Gasteiger partial charge in [-0.1, -0.05) is 18.9 Å². The van der Waals surface area contributed by atoms with Crippen LogP contribution >= 0.6 is 15.9 Å². The quantitative estimate of drug-likeness (QED) is 0.605. The highest BCUT2D eigenvalue weighted by Crippen LogP contribution is 2.28. The lowest BCUT2D eigenvalue weighted by Gasteiger charge is -2.41. The van der Waals surface area contributed by atoms with Gasteiger partial charge in [-0.25, -0.2) is 0 Å². The Balaban J connectivity index is 1.67. The summed E-state index contributed by atoms with van der Waals surface area (Å²) in [6.07, 6.45) is 2.80. The first-order valence-electron chi connectivity index (χ1n) is 9.84. The number of aromatic hydroxyl groups is 1. The third kappa shape index (κ3) is 4.67. The van der Waals surface area contributed by atoms with E-state index in [1.54, 1.807) is 25.1 Å². The number of halogens is 1. The molecule has 2 fully saturated rings.